The van der Waals surface area contributed by atoms with Crippen LogP contribution in [-0.2, 0) is 4.74 Å². The van der Waals surface area contributed by atoms with Crippen LogP contribution in [0.4, 0.5) is 0 Å². The Morgan fingerprint density at radius 1 is 1.10 bits per heavy atom. The Bertz CT molecular complexity index is 831. The molecule has 0 saturated carbocycles. The number of aryl methyl sites for hydroxylation is 1. The molecule has 2 saturated heterocycles. The molecule has 30 heavy (non-hydrogen) atoms. The number of amides is 1. The average Bonchev–Trinajstić information content (AvgIpc) is 3.44. The first kappa shape index (κ1) is 21.5. The molecule has 0 N–H and O–H groups in total. The summed E-state index contributed by atoms with van der Waals surface area (Å²) in [5, 5.41) is 0. The van der Waals surface area contributed by atoms with Crippen molar-refractivity contribution in [3.05, 3.63) is 46.3 Å². The number of rotatable bonds is 7. The van der Waals surface area contributed by atoms with E-state index in [4.69, 9.17) is 4.74 Å². The number of carbonyl (C=O) groups excluding carboxylic acids is 1. The molecule has 0 spiro atoms. The Morgan fingerprint density at radius 2 is 1.80 bits per heavy atom. The molecule has 1 aromatic carbocycles. The number of hydrogen-bond donors (Lipinski definition) is 0. The average molecular weight is 427 g/mol. The van der Waals surface area contributed by atoms with E-state index in [2.05, 4.69) is 42.2 Å². The Hall–Kier alpha value is -1.69. The Balaban J connectivity index is 1.37. The summed E-state index contributed by atoms with van der Waals surface area (Å²) in [4.78, 5) is 19.5. The number of hydrogen-bond acceptors (Lipinski definition) is 4. The minimum atomic E-state index is 0.218. The third-order valence-corrected chi connectivity index (χ3v) is 7.86. The van der Waals surface area contributed by atoms with Crippen LogP contribution >= 0.6 is 11.3 Å². The van der Waals surface area contributed by atoms with Gasteiger partial charge in [-0.05, 0) is 80.8 Å². The lowest BCUT2D eigenvalue weighted by atomic mass is 9.89. The van der Waals surface area contributed by atoms with Crippen molar-refractivity contribution in [3.63, 3.8) is 0 Å². The van der Waals surface area contributed by atoms with Crippen LogP contribution in [-0.4, -0.2) is 62.1 Å². The zero-order valence-electron chi connectivity index (χ0n) is 18.4. The van der Waals surface area contributed by atoms with Crippen molar-refractivity contribution in [2.45, 2.75) is 44.9 Å². The highest BCUT2D eigenvalue weighted by Crippen LogP contribution is 2.35. The van der Waals surface area contributed by atoms with Gasteiger partial charge in [0.25, 0.3) is 5.91 Å². The van der Waals surface area contributed by atoms with Gasteiger partial charge in [-0.25, -0.2) is 0 Å². The van der Waals surface area contributed by atoms with E-state index in [0.29, 0.717) is 5.92 Å². The maximum atomic E-state index is 12.8. The molecule has 0 radical (unpaired) electrons. The maximum Gasteiger partial charge on any atom is 0.264 e. The van der Waals surface area contributed by atoms with Gasteiger partial charge in [0.1, 0.15) is 0 Å². The number of methoxy groups -OCH3 is 1. The summed E-state index contributed by atoms with van der Waals surface area (Å²) in [6.07, 6.45) is 5.86. The first-order valence-electron chi connectivity index (χ1n) is 11.4. The number of ether oxygens (including phenoxy) is 1. The van der Waals surface area contributed by atoms with E-state index in [9.17, 15) is 4.79 Å². The molecule has 162 valence electrons. The highest BCUT2D eigenvalue weighted by Gasteiger charge is 2.24. The SMILES string of the molecule is COCCCN1CCC(c2ccc(-c3cc(C)c(C(=O)N4CCCC4)s3)cc2)CC1. The molecule has 1 aromatic heterocycles. The topological polar surface area (TPSA) is 32.8 Å². The van der Waals surface area contributed by atoms with Gasteiger partial charge in [0, 0.05) is 38.2 Å². The van der Waals surface area contributed by atoms with Gasteiger partial charge in [0.05, 0.1) is 4.88 Å². The lowest BCUT2D eigenvalue weighted by molar-refractivity contribution is 0.0797. The number of thiophene rings is 1. The first-order valence-corrected chi connectivity index (χ1v) is 12.2. The summed E-state index contributed by atoms with van der Waals surface area (Å²) in [6.45, 7) is 8.25. The van der Waals surface area contributed by atoms with Crippen LogP contribution in [0.5, 0.6) is 0 Å². The monoisotopic (exact) mass is 426 g/mol. The minimum Gasteiger partial charge on any atom is -0.385 e. The molecule has 4 rings (SSSR count). The van der Waals surface area contributed by atoms with E-state index in [1.807, 2.05) is 4.90 Å². The van der Waals surface area contributed by atoms with Crippen LogP contribution in [0.15, 0.2) is 30.3 Å². The highest BCUT2D eigenvalue weighted by molar-refractivity contribution is 7.17. The molecule has 5 heteroatoms. The summed E-state index contributed by atoms with van der Waals surface area (Å²) in [5.74, 6) is 0.880. The predicted molar refractivity (Wildman–Crippen MR) is 125 cm³/mol. The quantitative estimate of drug-likeness (QED) is 0.572. The van der Waals surface area contributed by atoms with Gasteiger partial charge in [-0.1, -0.05) is 24.3 Å². The Labute approximate surface area is 184 Å². The molecule has 2 aliphatic rings. The summed E-state index contributed by atoms with van der Waals surface area (Å²) < 4.78 is 5.17. The molecule has 3 heterocycles. The number of piperidine rings is 1. The molecular weight excluding hydrogens is 392 g/mol. The summed E-state index contributed by atoms with van der Waals surface area (Å²) >= 11 is 1.65. The van der Waals surface area contributed by atoms with Crippen LogP contribution in [0.3, 0.4) is 0 Å². The van der Waals surface area contributed by atoms with Gasteiger partial charge in [-0.2, -0.15) is 0 Å². The molecule has 2 aromatic rings. The zero-order chi connectivity index (χ0) is 20.9. The smallest absolute Gasteiger partial charge is 0.264 e. The second kappa shape index (κ2) is 10.1. The highest BCUT2D eigenvalue weighted by atomic mass is 32.1. The first-order chi connectivity index (χ1) is 14.7. The van der Waals surface area contributed by atoms with Crippen molar-refractivity contribution in [3.8, 4) is 10.4 Å². The van der Waals surface area contributed by atoms with E-state index in [-0.39, 0.29) is 5.91 Å². The molecular formula is C25H34N2O2S. The molecule has 0 unspecified atom stereocenters. The summed E-state index contributed by atoms with van der Waals surface area (Å²) in [7, 11) is 1.78. The normalized spacial score (nSPS) is 18.3. The van der Waals surface area contributed by atoms with Crippen molar-refractivity contribution in [2.24, 2.45) is 0 Å². The number of nitrogens with zero attached hydrogens (tertiary/aromatic N) is 2. The molecule has 0 aliphatic carbocycles. The third kappa shape index (κ3) is 4.96. The van der Waals surface area contributed by atoms with Gasteiger partial charge >= 0.3 is 0 Å². The van der Waals surface area contributed by atoms with E-state index in [0.717, 1.165) is 55.9 Å². The number of carbonyl (C=O) groups is 1. The van der Waals surface area contributed by atoms with Crippen LogP contribution < -0.4 is 0 Å². The number of benzene rings is 1. The fraction of sp³-hybridized carbons (Fsp3) is 0.560. The fourth-order valence-electron chi connectivity index (χ4n) is 4.74. The molecule has 1 amide bonds. The maximum absolute atomic E-state index is 12.8. The molecule has 4 nitrogen and oxygen atoms in total. The van der Waals surface area contributed by atoms with Crippen molar-refractivity contribution in [1.82, 2.24) is 9.80 Å². The Morgan fingerprint density at radius 3 is 2.47 bits per heavy atom. The summed E-state index contributed by atoms with van der Waals surface area (Å²) in [6, 6.07) is 11.3. The largest absolute Gasteiger partial charge is 0.385 e. The van der Waals surface area contributed by atoms with Crippen molar-refractivity contribution in [2.75, 3.05) is 46.4 Å². The molecule has 2 fully saturated rings. The molecule has 0 atom stereocenters. The van der Waals surface area contributed by atoms with Crippen molar-refractivity contribution >= 4 is 17.2 Å². The predicted octanol–water partition coefficient (Wildman–Crippen LogP) is 5.18. The van der Waals surface area contributed by atoms with E-state index in [1.165, 1.54) is 41.9 Å². The van der Waals surface area contributed by atoms with Gasteiger partial charge < -0.3 is 14.5 Å². The van der Waals surface area contributed by atoms with E-state index >= 15 is 0 Å². The van der Waals surface area contributed by atoms with Crippen molar-refractivity contribution < 1.29 is 9.53 Å². The summed E-state index contributed by atoms with van der Waals surface area (Å²) in [5.41, 5.74) is 3.79. The van der Waals surface area contributed by atoms with Crippen LogP contribution in [0, 0.1) is 6.92 Å². The number of likely N-dealkylation sites (tertiary alicyclic amines) is 2. The lowest BCUT2D eigenvalue weighted by Gasteiger charge is -2.32. The molecule has 0 bridgehead atoms. The van der Waals surface area contributed by atoms with Crippen molar-refractivity contribution in [1.29, 1.82) is 0 Å². The van der Waals surface area contributed by atoms with Gasteiger partial charge in [0.15, 0.2) is 0 Å². The van der Waals surface area contributed by atoms with E-state index < -0.39 is 0 Å². The van der Waals surface area contributed by atoms with Gasteiger partial charge in [-0.3, -0.25) is 4.79 Å². The Kier molecular flexibility index (Phi) is 7.24. The lowest BCUT2D eigenvalue weighted by Crippen LogP contribution is -2.34. The van der Waals surface area contributed by atoms with E-state index in [1.54, 1.807) is 18.4 Å². The van der Waals surface area contributed by atoms with Crippen LogP contribution in [0.2, 0.25) is 0 Å². The second-order valence-corrected chi connectivity index (χ2v) is 9.76. The van der Waals surface area contributed by atoms with Gasteiger partial charge in [-0.15, -0.1) is 11.3 Å². The minimum absolute atomic E-state index is 0.218. The van der Waals surface area contributed by atoms with Crippen LogP contribution in [0.1, 0.15) is 58.8 Å². The third-order valence-electron chi connectivity index (χ3n) is 6.58. The second-order valence-electron chi connectivity index (χ2n) is 8.71. The fourth-order valence-corrected chi connectivity index (χ4v) is 5.89. The zero-order valence-corrected chi connectivity index (χ0v) is 19.2. The molecule has 2 aliphatic heterocycles. The van der Waals surface area contributed by atoms with Gasteiger partial charge in [0.2, 0.25) is 0 Å². The van der Waals surface area contributed by atoms with Crippen LogP contribution in [0.25, 0.3) is 10.4 Å². The standard InChI is InChI=1S/C25H34N2O2S/c1-19-18-23(30-24(19)25(28)27-13-3-4-14-27)22-8-6-20(7-9-22)21-10-15-26(16-11-21)12-5-17-29-2/h6-9,18,21H,3-5,10-17H2,1-2H3.